The highest BCUT2D eigenvalue weighted by atomic mass is 19.4. The number of aryl methyl sites for hydroxylation is 4. The Balaban J connectivity index is 1.81. The van der Waals surface area contributed by atoms with Crippen LogP contribution in [0.5, 0.6) is 11.5 Å². The zero-order valence-corrected chi connectivity index (χ0v) is 30.6. The Hall–Kier alpha value is -2.29. The normalized spacial score (nSPS) is 12.1. The highest BCUT2D eigenvalue weighted by Gasteiger charge is 2.25. The van der Waals surface area contributed by atoms with Gasteiger partial charge in [0.25, 0.3) is 0 Å². The number of halogens is 3. The van der Waals surface area contributed by atoms with Crippen LogP contribution in [-0.2, 0) is 19.3 Å². The van der Waals surface area contributed by atoms with E-state index in [1.54, 1.807) is 0 Å². The van der Waals surface area contributed by atoms with E-state index in [0.29, 0.717) is 25.9 Å². The standard InChI is InChI=1S/C41H66F3NO4/c1-3-4-5-6-7-11-14-17-28-48-38-23-21-35(30-34(38)2)19-18-29-49-39-24-22-36(25-27-40(45,32-46)33-47)31-37(39)20-15-12-9-8-10-13-16-26-41(42,43)44/h21-24,30-31,46-47H,3-20,25-29,32-33,45H2,1-2H3. The minimum atomic E-state index is -4.05. The Kier molecular flexibility index (Phi) is 21.7. The molecular formula is C41H66F3NO4. The first-order chi connectivity index (χ1) is 23.6. The molecule has 2 aromatic carbocycles. The van der Waals surface area contributed by atoms with Gasteiger partial charge in [-0.3, -0.25) is 0 Å². The van der Waals surface area contributed by atoms with E-state index in [1.165, 1.54) is 56.1 Å². The molecule has 5 nitrogen and oxygen atoms in total. The Morgan fingerprint density at radius 3 is 1.73 bits per heavy atom. The van der Waals surface area contributed by atoms with Crippen LogP contribution in [0.1, 0.15) is 145 Å². The first-order valence-corrected chi connectivity index (χ1v) is 19.1. The Morgan fingerprint density at radius 2 is 1.12 bits per heavy atom. The van der Waals surface area contributed by atoms with E-state index in [4.69, 9.17) is 15.2 Å². The summed E-state index contributed by atoms with van der Waals surface area (Å²) in [5.74, 6) is 1.85. The van der Waals surface area contributed by atoms with E-state index < -0.39 is 18.1 Å². The quantitative estimate of drug-likeness (QED) is 0.0739. The van der Waals surface area contributed by atoms with Crippen molar-refractivity contribution in [2.24, 2.45) is 5.73 Å². The predicted molar refractivity (Wildman–Crippen MR) is 196 cm³/mol. The largest absolute Gasteiger partial charge is 0.493 e. The van der Waals surface area contributed by atoms with E-state index in [-0.39, 0.29) is 19.6 Å². The minimum Gasteiger partial charge on any atom is -0.493 e. The molecule has 0 spiro atoms. The zero-order valence-electron chi connectivity index (χ0n) is 30.6. The molecule has 2 rings (SSSR count). The minimum absolute atomic E-state index is 0.215. The Bertz CT molecular complexity index is 1140. The first kappa shape index (κ1) is 42.9. The first-order valence-electron chi connectivity index (χ1n) is 19.1. The lowest BCUT2D eigenvalue weighted by atomic mass is 9.92. The molecule has 0 saturated heterocycles. The molecule has 0 saturated carbocycles. The average Bonchev–Trinajstić information content (AvgIpc) is 3.08. The number of ether oxygens (including phenoxy) is 2. The molecule has 0 bridgehead atoms. The van der Waals surface area contributed by atoms with Crippen molar-refractivity contribution < 1.29 is 32.9 Å². The van der Waals surface area contributed by atoms with Crippen molar-refractivity contribution in [2.75, 3.05) is 26.4 Å². The lowest BCUT2D eigenvalue weighted by molar-refractivity contribution is -0.135. The predicted octanol–water partition coefficient (Wildman–Crippen LogP) is 10.4. The van der Waals surface area contributed by atoms with Crippen molar-refractivity contribution in [3.8, 4) is 11.5 Å². The SMILES string of the molecule is CCCCCCCCCCOc1ccc(CCCOc2ccc(CCC(N)(CO)CO)cc2CCCCCCCCCC(F)(F)F)cc1C. The monoisotopic (exact) mass is 693 g/mol. The molecule has 0 unspecified atom stereocenters. The average molecular weight is 694 g/mol. The van der Waals surface area contributed by atoms with Gasteiger partial charge < -0.3 is 25.4 Å². The van der Waals surface area contributed by atoms with Crippen molar-refractivity contribution in [3.05, 3.63) is 58.7 Å². The molecule has 0 aliphatic carbocycles. The highest BCUT2D eigenvalue weighted by molar-refractivity contribution is 5.38. The molecule has 0 aliphatic heterocycles. The van der Waals surface area contributed by atoms with Gasteiger partial charge in [0.2, 0.25) is 0 Å². The molecule has 0 atom stereocenters. The summed E-state index contributed by atoms with van der Waals surface area (Å²) in [4.78, 5) is 0. The fourth-order valence-electron chi connectivity index (χ4n) is 6.16. The maximum Gasteiger partial charge on any atom is 0.389 e. The molecule has 0 radical (unpaired) electrons. The van der Waals surface area contributed by atoms with Crippen molar-refractivity contribution in [3.63, 3.8) is 0 Å². The van der Waals surface area contributed by atoms with Gasteiger partial charge in [0.1, 0.15) is 11.5 Å². The molecule has 0 fully saturated rings. The molecule has 0 heterocycles. The molecular weight excluding hydrogens is 627 g/mol. The van der Waals surface area contributed by atoms with Crippen LogP contribution in [0.15, 0.2) is 36.4 Å². The summed E-state index contributed by atoms with van der Waals surface area (Å²) in [6.45, 7) is 5.18. The second kappa shape index (κ2) is 24.8. The van der Waals surface area contributed by atoms with Gasteiger partial charge in [0, 0.05) is 6.42 Å². The number of hydrogen-bond donors (Lipinski definition) is 3. The summed E-state index contributed by atoms with van der Waals surface area (Å²) in [5, 5.41) is 19.2. The zero-order chi connectivity index (χ0) is 35.8. The van der Waals surface area contributed by atoms with Crippen molar-refractivity contribution >= 4 is 0 Å². The van der Waals surface area contributed by atoms with Crippen molar-refractivity contribution in [2.45, 2.75) is 160 Å². The van der Waals surface area contributed by atoms with Gasteiger partial charge in [-0.25, -0.2) is 0 Å². The van der Waals surface area contributed by atoms with Crippen LogP contribution in [0.2, 0.25) is 0 Å². The summed E-state index contributed by atoms with van der Waals surface area (Å²) in [6.07, 6.45) is 15.0. The van der Waals surface area contributed by atoms with Crippen LogP contribution in [0.4, 0.5) is 13.2 Å². The van der Waals surface area contributed by atoms with Crippen LogP contribution in [0.25, 0.3) is 0 Å². The number of rotatable bonds is 29. The summed E-state index contributed by atoms with van der Waals surface area (Å²) in [6, 6.07) is 12.7. The molecule has 49 heavy (non-hydrogen) atoms. The molecule has 0 amide bonds. The highest BCUT2D eigenvalue weighted by Crippen LogP contribution is 2.27. The van der Waals surface area contributed by atoms with E-state index in [1.807, 2.05) is 12.1 Å². The lowest BCUT2D eigenvalue weighted by Crippen LogP contribution is -2.47. The summed E-state index contributed by atoms with van der Waals surface area (Å²) >= 11 is 0. The molecule has 8 heteroatoms. The third kappa shape index (κ3) is 19.6. The van der Waals surface area contributed by atoms with E-state index in [9.17, 15) is 23.4 Å². The van der Waals surface area contributed by atoms with Crippen molar-refractivity contribution in [1.29, 1.82) is 0 Å². The van der Waals surface area contributed by atoms with Gasteiger partial charge in [0.15, 0.2) is 0 Å². The third-order valence-electron chi connectivity index (χ3n) is 9.43. The van der Waals surface area contributed by atoms with Crippen molar-refractivity contribution in [1.82, 2.24) is 0 Å². The fraction of sp³-hybridized carbons (Fsp3) is 0.707. The molecule has 0 aromatic heterocycles. The smallest absolute Gasteiger partial charge is 0.389 e. The van der Waals surface area contributed by atoms with Gasteiger partial charge in [0.05, 0.1) is 32.0 Å². The number of aliphatic hydroxyl groups is 2. The maximum absolute atomic E-state index is 12.3. The number of hydrogen-bond acceptors (Lipinski definition) is 5. The van der Waals surface area contributed by atoms with Gasteiger partial charge in [-0.1, -0.05) is 108 Å². The number of nitrogens with two attached hydrogens (primary N) is 1. The van der Waals surface area contributed by atoms with Gasteiger partial charge in [-0.2, -0.15) is 13.2 Å². The topological polar surface area (TPSA) is 84.9 Å². The van der Waals surface area contributed by atoms with Crippen LogP contribution in [0, 0.1) is 6.92 Å². The molecule has 2 aromatic rings. The summed E-state index contributed by atoms with van der Waals surface area (Å²) < 4.78 is 49.4. The number of alkyl halides is 3. The van der Waals surface area contributed by atoms with E-state index in [2.05, 4.69) is 38.1 Å². The number of aliphatic hydroxyl groups excluding tert-OH is 2. The lowest BCUT2D eigenvalue weighted by Gasteiger charge is -2.24. The van der Waals surface area contributed by atoms with E-state index >= 15 is 0 Å². The Labute approximate surface area is 295 Å². The number of benzene rings is 2. The maximum atomic E-state index is 12.3. The molecule has 0 aliphatic rings. The van der Waals surface area contributed by atoms with Crippen LogP contribution < -0.4 is 15.2 Å². The second-order valence-electron chi connectivity index (χ2n) is 14.1. The third-order valence-corrected chi connectivity index (χ3v) is 9.43. The Morgan fingerprint density at radius 1 is 0.592 bits per heavy atom. The van der Waals surface area contributed by atoms with Crippen LogP contribution >= 0.6 is 0 Å². The molecule has 4 N–H and O–H groups in total. The fourth-order valence-corrected chi connectivity index (χ4v) is 6.16. The molecule has 280 valence electrons. The second-order valence-corrected chi connectivity index (χ2v) is 14.1. The van der Waals surface area contributed by atoms with Crippen LogP contribution in [0.3, 0.4) is 0 Å². The number of unbranched alkanes of at least 4 members (excludes halogenated alkanes) is 13. The van der Waals surface area contributed by atoms with Crippen LogP contribution in [-0.4, -0.2) is 48.4 Å². The summed E-state index contributed by atoms with van der Waals surface area (Å²) in [7, 11) is 0. The van der Waals surface area contributed by atoms with Gasteiger partial charge in [-0.05, 0) is 92.7 Å². The van der Waals surface area contributed by atoms with Gasteiger partial charge in [-0.15, -0.1) is 0 Å². The summed E-state index contributed by atoms with van der Waals surface area (Å²) in [5.41, 5.74) is 9.75. The van der Waals surface area contributed by atoms with E-state index in [0.717, 1.165) is 87.0 Å². The van der Waals surface area contributed by atoms with Gasteiger partial charge >= 0.3 is 6.18 Å².